The van der Waals surface area contributed by atoms with E-state index in [0.717, 1.165) is 4.47 Å². The molecule has 2 aromatic rings. The van der Waals surface area contributed by atoms with Gasteiger partial charge in [-0.05, 0) is 46.3 Å². The zero-order valence-corrected chi connectivity index (χ0v) is 10.4. The minimum atomic E-state index is -0.460. The second kappa shape index (κ2) is 4.80. The molecule has 0 atom stereocenters. The predicted molar refractivity (Wildman–Crippen MR) is 66.6 cm³/mol. The van der Waals surface area contributed by atoms with E-state index >= 15 is 0 Å². The van der Waals surface area contributed by atoms with Crippen LogP contribution < -0.4 is 5.32 Å². The minimum Gasteiger partial charge on any atom is -0.339 e. The van der Waals surface area contributed by atoms with Gasteiger partial charge >= 0.3 is 0 Å². The van der Waals surface area contributed by atoms with E-state index in [1.54, 1.807) is 18.3 Å². The Morgan fingerprint density at radius 1 is 1.31 bits per heavy atom. The van der Waals surface area contributed by atoms with Crippen molar-refractivity contribution in [1.82, 2.24) is 4.98 Å². The molecule has 2 nitrogen and oxygen atoms in total. The number of benzene rings is 1. The molecule has 1 N–H and O–H groups in total. The molecule has 16 heavy (non-hydrogen) atoms. The third kappa shape index (κ3) is 2.51. The van der Waals surface area contributed by atoms with Gasteiger partial charge in [0.2, 0.25) is 0 Å². The lowest BCUT2D eigenvalue weighted by atomic mass is 10.3. The molecule has 1 heterocycles. The van der Waals surface area contributed by atoms with Crippen LogP contribution in [0.25, 0.3) is 0 Å². The Morgan fingerprint density at radius 3 is 2.81 bits per heavy atom. The number of nitrogens with zero attached hydrogens (tertiary/aromatic N) is 1. The van der Waals surface area contributed by atoms with E-state index in [9.17, 15) is 4.39 Å². The molecule has 2 rings (SSSR count). The van der Waals surface area contributed by atoms with Gasteiger partial charge in [-0.3, -0.25) is 0 Å². The third-order valence-electron chi connectivity index (χ3n) is 1.94. The summed E-state index contributed by atoms with van der Waals surface area (Å²) >= 11 is 8.93. The predicted octanol–water partition coefficient (Wildman–Crippen LogP) is 4.38. The van der Waals surface area contributed by atoms with Crippen LogP contribution in [0.5, 0.6) is 0 Å². The molecular weight excluding hydrogens is 294 g/mol. The average molecular weight is 302 g/mol. The van der Waals surface area contributed by atoms with Crippen molar-refractivity contribution in [3.8, 4) is 0 Å². The summed E-state index contributed by atoms with van der Waals surface area (Å²) < 4.78 is 14.0. The Morgan fingerprint density at radius 2 is 2.12 bits per heavy atom. The van der Waals surface area contributed by atoms with Gasteiger partial charge in [0.05, 0.1) is 9.50 Å². The molecule has 0 spiro atoms. The van der Waals surface area contributed by atoms with Crippen molar-refractivity contribution in [2.24, 2.45) is 0 Å². The van der Waals surface area contributed by atoms with Crippen LogP contribution in [-0.4, -0.2) is 4.98 Å². The van der Waals surface area contributed by atoms with Gasteiger partial charge in [-0.15, -0.1) is 0 Å². The van der Waals surface area contributed by atoms with Gasteiger partial charge in [-0.1, -0.05) is 11.6 Å². The first-order chi connectivity index (χ1) is 7.66. The van der Waals surface area contributed by atoms with Crippen LogP contribution in [0, 0.1) is 5.82 Å². The summed E-state index contributed by atoms with van der Waals surface area (Å²) in [5.41, 5.74) is 0.598. The standard InChI is InChI=1S/C11H7BrClFN2/c12-8-2-1-5-15-11(8)16-7-3-4-9(13)10(14)6-7/h1-6H,(H,15,16). The van der Waals surface area contributed by atoms with Crippen molar-refractivity contribution in [3.63, 3.8) is 0 Å². The highest BCUT2D eigenvalue weighted by molar-refractivity contribution is 9.10. The van der Waals surface area contributed by atoms with Crippen LogP contribution in [0.4, 0.5) is 15.9 Å². The van der Waals surface area contributed by atoms with Crippen LogP contribution >= 0.6 is 27.5 Å². The fourth-order valence-electron chi connectivity index (χ4n) is 1.19. The Balaban J connectivity index is 2.28. The maximum atomic E-state index is 13.2. The average Bonchev–Trinajstić information content (AvgIpc) is 2.27. The molecule has 5 heteroatoms. The van der Waals surface area contributed by atoms with Gasteiger partial charge in [-0.2, -0.15) is 0 Å². The summed E-state index contributed by atoms with van der Waals surface area (Å²) in [6.07, 6.45) is 1.65. The first kappa shape index (κ1) is 11.4. The zero-order chi connectivity index (χ0) is 11.5. The molecule has 0 aliphatic rings. The highest BCUT2D eigenvalue weighted by atomic mass is 79.9. The maximum Gasteiger partial charge on any atom is 0.144 e. The summed E-state index contributed by atoms with van der Waals surface area (Å²) in [7, 11) is 0. The summed E-state index contributed by atoms with van der Waals surface area (Å²) in [6, 6.07) is 8.16. The van der Waals surface area contributed by atoms with Crippen LogP contribution in [0.1, 0.15) is 0 Å². The molecule has 0 amide bonds. The first-order valence-electron chi connectivity index (χ1n) is 4.49. The van der Waals surface area contributed by atoms with E-state index in [0.29, 0.717) is 11.5 Å². The lowest BCUT2D eigenvalue weighted by Gasteiger charge is -2.07. The number of halogens is 3. The number of aromatic nitrogens is 1. The largest absolute Gasteiger partial charge is 0.339 e. The van der Waals surface area contributed by atoms with Crippen LogP contribution in [0.15, 0.2) is 41.0 Å². The van der Waals surface area contributed by atoms with Gasteiger partial charge < -0.3 is 5.32 Å². The fraction of sp³-hybridized carbons (Fsp3) is 0. The number of hydrogen-bond donors (Lipinski definition) is 1. The van der Waals surface area contributed by atoms with Crippen LogP contribution in [0.2, 0.25) is 5.02 Å². The van der Waals surface area contributed by atoms with Crippen molar-refractivity contribution in [2.45, 2.75) is 0 Å². The van der Waals surface area contributed by atoms with E-state index in [2.05, 4.69) is 26.2 Å². The van der Waals surface area contributed by atoms with Crippen molar-refractivity contribution >= 4 is 39.0 Å². The second-order valence-corrected chi connectivity index (χ2v) is 4.35. The Kier molecular flexibility index (Phi) is 3.41. The summed E-state index contributed by atoms with van der Waals surface area (Å²) in [4.78, 5) is 4.11. The van der Waals surface area contributed by atoms with E-state index in [1.165, 1.54) is 12.1 Å². The van der Waals surface area contributed by atoms with Crippen molar-refractivity contribution in [2.75, 3.05) is 5.32 Å². The van der Waals surface area contributed by atoms with Crippen LogP contribution in [-0.2, 0) is 0 Å². The SMILES string of the molecule is Fc1cc(Nc2ncccc2Br)ccc1Cl. The molecule has 0 aliphatic heterocycles. The summed E-state index contributed by atoms with van der Waals surface area (Å²) in [6.45, 7) is 0. The monoisotopic (exact) mass is 300 g/mol. The topological polar surface area (TPSA) is 24.9 Å². The molecule has 0 bridgehead atoms. The molecule has 0 unspecified atom stereocenters. The number of hydrogen-bond acceptors (Lipinski definition) is 2. The number of rotatable bonds is 2. The molecule has 1 aromatic heterocycles. The van der Waals surface area contributed by atoms with E-state index in [-0.39, 0.29) is 5.02 Å². The second-order valence-electron chi connectivity index (χ2n) is 3.09. The lowest BCUT2D eigenvalue weighted by molar-refractivity contribution is 0.629. The Bertz CT molecular complexity index is 519. The van der Waals surface area contributed by atoms with Gasteiger partial charge in [0.15, 0.2) is 0 Å². The number of anilines is 2. The smallest absolute Gasteiger partial charge is 0.144 e. The quantitative estimate of drug-likeness (QED) is 0.890. The van der Waals surface area contributed by atoms with E-state index < -0.39 is 5.82 Å². The summed E-state index contributed by atoms with van der Waals surface area (Å²) in [5, 5.41) is 3.09. The third-order valence-corrected chi connectivity index (χ3v) is 2.89. The molecule has 0 aliphatic carbocycles. The van der Waals surface area contributed by atoms with Crippen LogP contribution in [0.3, 0.4) is 0 Å². The highest BCUT2D eigenvalue weighted by Crippen LogP contribution is 2.25. The van der Waals surface area contributed by atoms with E-state index in [1.807, 2.05) is 6.07 Å². The Hall–Kier alpha value is -1.13. The molecular formula is C11H7BrClFN2. The maximum absolute atomic E-state index is 13.2. The molecule has 0 saturated carbocycles. The minimum absolute atomic E-state index is 0.102. The molecule has 82 valence electrons. The molecule has 0 radical (unpaired) electrons. The number of nitrogens with one attached hydrogen (secondary N) is 1. The van der Waals surface area contributed by atoms with Gasteiger partial charge in [0.25, 0.3) is 0 Å². The van der Waals surface area contributed by atoms with Crippen molar-refractivity contribution in [1.29, 1.82) is 0 Å². The lowest BCUT2D eigenvalue weighted by Crippen LogP contribution is -1.94. The summed E-state index contributed by atoms with van der Waals surface area (Å²) in [5.74, 6) is 0.169. The number of pyridine rings is 1. The van der Waals surface area contributed by atoms with Gasteiger partial charge in [-0.25, -0.2) is 9.37 Å². The fourth-order valence-corrected chi connectivity index (χ4v) is 1.66. The van der Waals surface area contributed by atoms with Crippen molar-refractivity contribution in [3.05, 3.63) is 51.8 Å². The molecule has 1 aromatic carbocycles. The molecule has 0 fully saturated rings. The normalized spacial score (nSPS) is 10.2. The van der Waals surface area contributed by atoms with E-state index in [4.69, 9.17) is 11.6 Å². The van der Waals surface area contributed by atoms with Gasteiger partial charge in [0.1, 0.15) is 11.6 Å². The van der Waals surface area contributed by atoms with Gasteiger partial charge in [0, 0.05) is 11.9 Å². The zero-order valence-electron chi connectivity index (χ0n) is 8.05. The molecule has 0 saturated heterocycles. The first-order valence-corrected chi connectivity index (χ1v) is 5.66. The van der Waals surface area contributed by atoms with Crippen molar-refractivity contribution < 1.29 is 4.39 Å². The Labute approximate surface area is 106 Å². The highest BCUT2D eigenvalue weighted by Gasteiger charge is 2.03.